The number of rotatable bonds is 7. The van der Waals surface area contributed by atoms with Crippen LogP contribution in [0, 0.1) is 0 Å². The number of carbonyl (C=O) groups is 1. The third-order valence-electron chi connectivity index (χ3n) is 5.46. The second kappa shape index (κ2) is 8.88. The Bertz CT molecular complexity index is 1220. The third kappa shape index (κ3) is 4.24. The molecule has 162 valence electrons. The van der Waals surface area contributed by atoms with Crippen LogP contribution in [0.5, 0.6) is 11.5 Å². The molecular formula is C25H23N3O3S. The summed E-state index contributed by atoms with van der Waals surface area (Å²) in [5.74, 6) is 1.60. The summed E-state index contributed by atoms with van der Waals surface area (Å²) in [6.45, 7) is 0.754. The van der Waals surface area contributed by atoms with E-state index >= 15 is 0 Å². The summed E-state index contributed by atoms with van der Waals surface area (Å²) in [6, 6.07) is 19.9. The van der Waals surface area contributed by atoms with E-state index in [1.807, 2.05) is 77.9 Å². The Labute approximate surface area is 190 Å². The Kier molecular flexibility index (Phi) is 5.64. The molecule has 3 heterocycles. The van der Waals surface area contributed by atoms with Crippen molar-refractivity contribution in [3.8, 4) is 27.8 Å². The van der Waals surface area contributed by atoms with Crippen LogP contribution in [0.4, 0.5) is 0 Å². The molecule has 4 aromatic rings. The first-order valence-electron chi connectivity index (χ1n) is 10.5. The summed E-state index contributed by atoms with van der Waals surface area (Å²) < 4.78 is 12.7. The van der Waals surface area contributed by atoms with Gasteiger partial charge in [-0.1, -0.05) is 30.3 Å². The van der Waals surface area contributed by atoms with Gasteiger partial charge in [0.25, 0.3) is 0 Å². The Balaban J connectivity index is 1.30. The zero-order valence-electron chi connectivity index (χ0n) is 17.7. The molecule has 1 aliphatic rings. The first-order valence-corrected chi connectivity index (χ1v) is 11.4. The van der Waals surface area contributed by atoms with Crippen LogP contribution >= 0.6 is 11.3 Å². The van der Waals surface area contributed by atoms with Crippen molar-refractivity contribution >= 4 is 17.2 Å². The maximum atomic E-state index is 12.9. The molecule has 0 bridgehead atoms. The van der Waals surface area contributed by atoms with Gasteiger partial charge in [0.2, 0.25) is 12.7 Å². The summed E-state index contributed by atoms with van der Waals surface area (Å²) in [4.78, 5) is 15.7. The minimum Gasteiger partial charge on any atom is -0.454 e. The fraction of sp³-hybridized carbons (Fsp3) is 0.200. The van der Waals surface area contributed by atoms with Gasteiger partial charge in [-0.3, -0.25) is 4.79 Å². The molecule has 0 atom stereocenters. The zero-order chi connectivity index (χ0) is 21.9. The van der Waals surface area contributed by atoms with Crippen molar-refractivity contribution in [2.24, 2.45) is 0 Å². The molecular weight excluding hydrogens is 422 g/mol. The van der Waals surface area contributed by atoms with Crippen molar-refractivity contribution in [3.63, 3.8) is 0 Å². The number of nitrogens with zero attached hydrogens (tertiary/aromatic N) is 3. The van der Waals surface area contributed by atoms with E-state index in [-0.39, 0.29) is 12.7 Å². The van der Waals surface area contributed by atoms with Gasteiger partial charge in [0.15, 0.2) is 11.5 Å². The minimum absolute atomic E-state index is 0.0901. The first-order chi connectivity index (χ1) is 15.7. The van der Waals surface area contributed by atoms with Crippen molar-refractivity contribution in [2.45, 2.75) is 19.4 Å². The Morgan fingerprint density at radius 2 is 1.94 bits per heavy atom. The summed E-state index contributed by atoms with van der Waals surface area (Å²) in [7, 11) is 1.85. The molecule has 0 fully saturated rings. The zero-order valence-corrected chi connectivity index (χ0v) is 18.5. The number of aromatic nitrogens is 2. The van der Waals surface area contributed by atoms with Crippen molar-refractivity contribution < 1.29 is 14.3 Å². The standard InChI is InChI=1S/C25H23N3O3S/c1-27(24(29)12-10-18-9-11-21-22(14-18)31-17-30-21)15-19-16-28(20-6-3-2-4-7-20)26-25(19)23-8-5-13-32-23/h2-9,11,13-14,16H,10,12,15,17H2,1H3. The highest BCUT2D eigenvalue weighted by atomic mass is 32.1. The van der Waals surface area contributed by atoms with Gasteiger partial charge in [0.1, 0.15) is 5.69 Å². The van der Waals surface area contributed by atoms with Gasteiger partial charge in [-0.25, -0.2) is 4.68 Å². The van der Waals surface area contributed by atoms with E-state index in [1.165, 1.54) is 0 Å². The quantitative estimate of drug-likeness (QED) is 0.405. The molecule has 2 aromatic heterocycles. The van der Waals surface area contributed by atoms with E-state index in [1.54, 1.807) is 16.2 Å². The number of thiophene rings is 1. The molecule has 5 rings (SSSR count). The predicted molar refractivity (Wildman–Crippen MR) is 124 cm³/mol. The number of aryl methyl sites for hydroxylation is 1. The topological polar surface area (TPSA) is 56.6 Å². The normalized spacial score (nSPS) is 12.2. The largest absolute Gasteiger partial charge is 0.454 e. The Hall–Kier alpha value is -3.58. The average molecular weight is 446 g/mol. The van der Waals surface area contributed by atoms with Gasteiger partial charge in [0, 0.05) is 31.8 Å². The third-order valence-corrected chi connectivity index (χ3v) is 6.34. The van der Waals surface area contributed by atoms with E-state index in [0.29, 0.717) is 19.4 Å². The lowest BCUT2D eigenvalue weighted by atomic mass is 10.1. The van der Waals surface area contributed by atoms with Crippen molar-refractivity contribution in [1.82, 2.24) is 14.7 Å². The highest BCUT2D eigenvalue weighted by Gasteiger charge is 2.18. The fourth-order valence-electron chi connectivity index (χ4n) is 3.74. The van der Waals surface area contributed by atoms with Crippen LogP contribution in [-0.2, 0) is 17.8 Å². The molecule has 0 unspecified atom stereocenters. The van der Waals surface area contributed by atoms with Gasteiger partial charge in [-0.15, -0.1) is 11.3 Å². The fourth-order valence-corrected chi connectivity index (χ4v) is 4.49. The molecule has 0 saturated carbocycles. The molecule has 0 radical (unpaired) electrons. The monoisotopic (exact) mass is 445 g/mol. The van der Waals surface area contributed by atoms with Crippen LogP contribution in [0.1, 0.15) is 17.5 Å². The second-order valence-corrected chi connectivity index (χ2v) is 8.65. The van der Waals surface area contributed by atoms with Crippen molar-refractivity contribution in [3.05, 3.63) is 83.4 Å². The minimum atomic E-state index is 0.0901. The molecule has 6 nitrogen and oxygen atoms in total. The number of fused-ring (bicyclic) bond motifs is 1. The molecule has 2 aromatic carbocycles. The van der Waals surface area contributed by atoms with Gasteiger partial charge in [-0.2, -0.15) is 5.10 Å². The molecule has 1 amide bonds. The lowest BCUT2D eigenvalue weighted by Gasteiger charge is -2.17. The number of ether oxygens (including phenoxy) is 2. The number of amides is 1. The Morgan fingerprint density at radius 3 is 2.75 bits per heavy atom. The van der Waals surface area contributed by atoms with E-state index in [4.69, 9.17) is 14.6 Å². The van der Waals surface area contributed by atoms with Crippen LogP contribution in [0.3, 0.4) is 0 Å². The SMILES string of the molecule is CN(Cc1cn(-c2ccccc2)nc1-c1cccs1)C(=O)CCc1ccc2c(c1)OCO2. The summed E-state index contributed by atoms with van der Waals surface area (Å²) in [6.07, 6.45) is 3.10. The number of para-hydroxylation sites is 1. The average Bonchev–Trinajstić information content (AvgIpc) is 3.58. The number of benzene rings is 2. The maximum Gasteiger partial charge on any atom is 0.231 e. The molecule has 32 heavy (non-hydrogen) atoms. The Morgan fingerprint density at radius 1 is 1.09 bits per heavy atom. The van der Waals surface area contributed by atoms with Gasteiger partial charge >= 0.3 is 0 Å². The van der Waals surface area contributed by atoms with Crippen LogP contribution in [-0.4, -0.2) is 34.4 Å². The second-order valence-electron chi connectivity index (χ2n) is 7.70. The molecule has 1 aliphatic heterocycles. The first kappa shape index (κ1) is 20.3. The summed E-state index contributed by atoms with van der Waals surface area (Å²) in [5, 5.41) is 6.87. The molecule has 0 N–H and O–H groups in total. The smallest absolute Gasteiger partial charge is 0.231 e. The lowest BCUT2D eigenvalue weighted by Crippen LogP contribution is -2.26. The molecule has 7 heteroatoms. The van der Waals surface area contributed by atoms with E-state index in [0.717, 1.165) is 38.9 Å². The maximum absolute atomic E-state index is 12.9. The number of carbonyl (C=O) groups excluding carboxylic acids is 1. The molecule has 0 aliphatic carbocycles. The van der Waals surface area contributed by atoms with E-state index in [2.05, 4.69) is 6.07 Å². The number of hydrogen-bond acceptors (Lipinski definition) is 5. The number of hydrogen-bond donors (Lipinski definition) is 0. The van der Waals surface area contributed by atoms with E-state index in [9.17, 15) is 4.79 Å². The van der Waals surface area contributed by atoms with Gasteiger partial charge in [-0.05, 0) is 47.7 Å². The molecule has 0 spiro atoms. The predicted octanol–water partition coefficient (Wildman–Crippen LogP) is 4.92. The van der Waals surface area contributed by atoms with Crippen LogP contribution in [0.15, 0.2) is 72.2 Å². The van der Waals surface area contributed by atoms with Gasteiger partial charge < -0.3 is 14.4 Å². The van der Waals surface area contributed by atoms with Gasteiger partial charge in [0.05, 0.1) is 10.6 Å². The highest BCUT2D eigenvalue weighted by molar-refractivity contribution is 7.13. The summed E-state index contributed by atoms with van der Waals surface area (Å²) in [5.41, 5.74) is 4.00. The van der Waals surface area contributed by atoms with Crippen molar-refractivity contribution in [1.29, 1.82) is 0 Å². The van der Waals surface area contributed by atoms with Crippen LogP contribution in [0.25, 0.3) is 16.3 Å². The lowest BCUT2D eigenvalue weighted by molar-refractivity contribution is -0.130. The van der Waals surface area contributed by atoms with E-state index < -0.39 is 0 Å². The van der Waals surface area contributed by atoms with Crippen LogP contribution in [0.2, 0.25) is 0 Å². The van der Waals surface area contributed by atoms with Crippen LogP contribution < -0.4 is 9.47 Å². The summed E-state index contributed by atoms with van der Waals surface area (Å²) >= 11 is 1.65. The highest BCUT2D eigenvalue weighted by Crippen LogP contribution is 2.33. The molecule has 0 saturated heterocycles. The van der Waals surface area contributed by atoms with Crippen molar-refractivity contribution in [2.75, 3.05) is 13.8 Å².